The van der Waals surface area contributed by atoms with E-state index in [-0.39, 0.29) is 0 Å². The zero-order valence-corrected chi connectivity index (χ0v) is 32.0. The van der Waals surface area contributed by atoms with Crippen molar-refractivity contribution in [3.05, 3.63) is 76.4 Å². The van der Waals surface area contributed by atoms with Crippen LogP contribution >= 0.6 is 23.1 Å². The molecule has 1 aromatic heterocycles. The van der Waals surface area contributed by atoms with Crippen molar-refractivity contribution in [3.8, 4) is 22.9 Å². The molecular weight excluding hydrogens is 711 g/mol. The number of aryl methyl sites for hydroxylation is 1. The van der Waals surface area contributed by atoms with Gasteiger partial charge in [-0.1, -0.05) is 25.1 Å². The van der Waals surface area contributed by atoms with Crippen LogP contribution in [0, 0.1) is 11.3 Å². The fourth-order valence-electron chi connectivity index (χ4n) is 6.88. The summed E-state index contributed by atoms with van der Waals surface area (Å²) in [5, 5.41) is 16.7. The maximum absolute atomic E-state index is 13.5. The highest BCUT2D eigenvalue weighted by atomic mass is 79.9. The van der Waals surface area contributed by atoms with Gasteiger partial charge in [-0.05, 0) is 103 Å². The third-order valence-corrected chi connectivity index (χ3v) is 11.9. The number of hydrogen-bond acceptors (Lipinski definition) is 10. The van der Waals surface area contributed by atoms with E-state index < -0.39 is 7.14 Å². The average Bonchev–Trinajstić information content (AvgIpc) is 3.13. The lowest BCUT2D eigenvalue weighted by Gasteiger charge is -2.43. The van der Waals surface area contributed by atoms with Crippen molar-refractivity contribution < 1.29 is 9.30 Å². The molecule has 2 N–H and O–H groups in total. The molecule has 0 saturated carbocycles. The molecule has 4 aromatic rings. The monoisotopic (exact) mass is 756 g/mol. The molecule has 6 rings (SSSR count). The van der Waals surface area contributed by atoms with Gasteiger partial charge in [0.05, 0.1) is 34.6 Å². The van der Waals surface area contributed by atoms with Gasteiger partial charge in [0.25, 0.3) is 0 Å². The second-order valence-electron chi connectivity index (χ2n) is 13.5. The normalized spacial score (nSPS) is 16.2. The number of nitrogens with one attached hydrogen (secondary N) is 2. The maximum atomic E-state index is 13.5. The maximum Gasteiger partial charge on any atom is 0.229 e. The third kappa shape index (κ3) is 8.16. The van der Waals surface area contributed by atoms with Crippen LogP contribution in [-0.4, -0.2) is 92.6 Å². The van der Waals surface area contributed by atoms with E-state index in [1.807, 2.05) is 30.3 Å². The molecule has 262 valence electrons. The van der Waals surface area contributed by atoms with Crippen LogP contribution in [0.2, 0.25) is 0 Å². The highest BCUT2D eigenvalue weighted by Crippen LogP contribution is 2.41. The molecule has 0 amide bonds. The summed E-state index contributed by atoms with van der Waals surface area (Å²) in [5.41, 5.74) is 6.44. The summed E-state index contributed by atoms with van der Waals surface area (Å²) in [6, 6.07) is 20.4. The Morgan fingerprint density at radius 2 is 1.66 bits per heavy atom. The predicted octanol–water partition coefficient (Wildman–Crippen LogP) is 7.30. The molecule has 2 aliphatic heterocycles. The van der Waals surface area contributed by atoms with E-state index in [0.717, 1.165) is 68.3 Å². The number of ether oxygens (including phenoxy) is 1. The second kappa shape index (κ2) is 15.5. The molecule has 3 aromatic carbocycles. The van der Waals surface area contributed by atoms with Gasteiger partial charge in [0.1, 0.15) is 18.7 Å². The highest BCUT2D eigenvalue weighted by molar-refractivity contribution is 9.10. The number of likely N-dealkylation sites (N-methyl/N-ethyl adjacent to an activating group) is 1. The number of aromatic nitrogens is 2. The number of nitrogens with zero attached hydrogens (tertiary/aromatic N) is 6. The lowest BCUT2D eigenvalue weighted by molar-refractivity contribution is 0.0982. The van der Waals surface area contributed by atoms with Gasteiger partial charge in [0, 0.05) is 68.6 Å². The van der Waals surface area contributed by atoms with E-state index >= 15 is 0 Å². The quantitative estimate of drug-likeness (QED) is 0.160. The lowest BCUT2D eigenvalue weighted by atomic mass is 9.99. The summed E-state index contributed by atoms with van der Waals surface area (Å²) in [6.45, 7) is 12.4. The summed E-state index contributed by atoms with van der Waals surface area (Å²) in [5.74, 6) is 1.68. The number of piperidine rings is 1. The molecule has 2 fully saturated rings. The minimum absolute atomic E-state index is 0.406. The number of piperazine rings is 1. The Morgan fingerprint density at radius 3 is 2.30 bits per heavy atom. The van der Waals surface area contributed by atoms with Crippen molar-refractivity contribution in [2.45, 2.75) is 32.2 Å². The Balaban J connectivity index is 1.21. The molecule has 0 aliphatic carbocycles. The van der Waals surface area contributed by atoms with Crippen LogP contribution in [-0.2, 0) is 11.0 Å². The van der Waals surface area contributed by atoms with Crippen LogP contribution in [0.5, 0.6) is 5.75 Å². The Hall–Kier alpha value is -3.94. The van der Waals surface area contributed by atoms with Crippen molar-refractivity contribution in [1.29, 1.82) is 5.26 Å². The summed E-state index contributed by atoms with van der Waals surface area (Å²) in [6.07, 6.45) is 4.92. The van der Waals surface area contributed by atoms with Crippen LogP contribution in [0.4, 0.5) is 28.8 Å². The Morgan fingerprint density at radius 1 is 0.960 bits per heavy atom. The molecule has 0 spiro atoms. The van der Waals surface area contributed by atoms with Gasteiger partial charge in [0.2, 0.25) is 5.95 Å². The van der Waals surface area contributed by atoms with Gasteiger partial charge in [-0.15, -0.1) is 0 Å². The fraction of sp³-hybridized carbons (Fsp3) is 0.395. The number of hydrogen-bond donors (Lipinski definition) is 2. The Bertz CT molecular complexity index is 1910. The summed E-state index contributed by atoms with van der Waals surface area (Å²) in [7, 11) is 1.21. The van der Waals surface area contributed by atoms with Crippen LogP contribution < -0.4 is 25.6 Å². The fourth-order valence-corrected chi connectivity index (χ4v) is 8.33. The molecule has 0 atom stereocenters. The first-order valence-corrected chi connectivity index (χ1v) is 20.6. The van der Waals surface area contributed by atoms with Gasteiger partial charge >= 0.3 is 0 Å². The van der Waals surface area contributed by atoms with Gasteiger partial charge in [0.15, 0.2) is 0 Å². The van der Waals surface area contributed by atoms with Crippen molar-refractivity contribution in [2.24, 2.45) is 0 Å². The van der Waals surface area contributed by atoms with Crippen LogP contribution in [0.15, 0.2) is 65.3 Å². The molecule has 12 heteroatoms. The second-order valence-corrected chi connectivity index (χ2v) is 17.5. The first-order valence-electron chi connectivity index (χ1n) is 17.2. The summed E-state index contributed by atoms with van der Waals surface area (Å²) >= 11 is 3.60. The van der Waals surface area contributed by atoms with Crippen LogP contribution in [0.25, 0.3) is 11.1 Å². The van der Waals surface area contributed by atoms with E-state index in [1.54, 1.807) is 38.8 Å². The lowest BCUT2D eigenvalue weighted by Crippen LogP contribution is -2.52. The molecule has 50 heavy (non-hydrogen) atoms. The SMILES string of the molecule is CCc1cc(Nc2ncc(Br)c(Nc3ccc(-c4ccc(C#N)cc4)cc3P(C)(C)=O)n2)c(OC)cc1N1CCC(N2CCN(C)CC2)CC1. The highest BCUT2D eigenvalue weighted by Gasteiger charge is 2.28. The van der Waals surface area contributed by atoms with E-state index in [2.05, 4.69) is 78.4 Å². The predicted molar refractivity (Wildman–Crippen MR) is 209 cm³/mol. The number of halogens is 1. The van der Waals surface area contributed by atoms with E-state index in [4.69, 9.17) is 9.72 Å². The molecule has 10 nitrogen and oxygen atoms in total. The zero-order valence-electron chi connectivity index (χ0n) is 29.5. The first kappa shape index (κ1) is 35.9. The molecular formula is C38H46BrN8O2P. The topological polar surface area (TPSA) is 110 Å². The molecule has 2 saturated heterocycles. The van der Waals surface area contributed by atoms with Gasteiger partial charge in [-0.2, -0.15) is 10.2 Å². The Kier molecular flexibility index (Phi) is 11.1. The largest absolute Gasteiger partial charge is 0.494 e. The smallest absolute Gasteiger partial charge is 0.229 e. The number of benzene rings is 3. The minimum Gasteiger partial charge on any atom is -0.494 e. The number of rotatable bonds is 10. The summed E-state index contributed by atoms with van der Waals surface area (Å²) < 4.78 is 20.1. The molecule has 2 aliphatic rings. The summed E-state index contributed by atoms with van der Waals surface area (Å²) in [4.78, 5) is 17.0. The van der Waals surface area contributed by atoms with Crippen molar-refractivity contribution in [2.75, 3.05) is 82.3 Å². The molecule has 3 heterocycles. The van der Waals surface area contributed by atoms with E-state index in [9.17, 15) is 9.83 Å². The Labute approximate surface area is 304 Å². The van der Waals surface area contributed by atoms with Crippen LogP contribution in [0.1, 0.15) is 30.9 Å². The van der Waals surface area contributed by atoms with Gasteiger partial charge < -0.3 is 29.7 Å². The third-order valence-electron chi connectivity index (χ3n) is 9.81. The minimum atomic E-state index is -2.70. The first-order chi connectivity index (χ1) is 24.1. The molecule has 0 radical (unpaired) electrons. The van der Waals surface area contributed by atoms with Crippen molar-refractivity contribution in [1.82, 2.24) is 19.8 Å². The molecule has 0 bridgehead atoms. The van der Waals surface area contributed by atoms with Crippen LogP contribution in [0.3, 0.4) is 0 Å². The van der Waals surface area contributed by atoms with E-state index in [1.165, 1.54) is 24.1 Å². The van der Waals surface area contributed by atoms with E-state index in [0.29, 0.717) is 38.8 Å². The number of methoxy groups -OCH3 is 1. The van der Waals surface area contributed by atoms with Gasteiger partial charge in [-0.3, -0.25) is 4.90 Å². The number of anilines is 5. The standard InChI is InChI=1S/C38H46BrN8O2P/c1-6-27-21-33(35(49-3)23-34(27)47-15-13-30(14-16-47)46-19-17-45(2)18-20-46)43-38-41-25-31(39)37(44-38)42-32-12-11-29(22-36(32)50(4,5)48)28-9-7-26(24-40)8-10-28/h7-12,21-23,25,30H,6,13-20H2,1-5H3,(H2,41,42,43,44). The van der Waals surface area contributed by atoms with Gasteiger partial charge in [-0.25, -0.2) is 4.98 Å². The van der Waals surface area contributed by atoms with Crippen molar-refractivity contribution >= 4 is 57.2 Å². The number of nitriles is 1. The zero-order chi connectivity index (χ0) is 35.4. The average molecular weight is 758 g/mol. The molecule has 0 unspecified atom stereocenters. The van der Waals surface area contributed by atoms with Crippen molar-refractivity contribution in [3.63, 3.8) is 0 Å².